The Morgan fingerprint density at radius 3 is 2.78 bits per heavy atom. The van der Waals surface area contributed by atoms with Gasteiger partial charge in [0.15, 0.2) is 5.65 Å². The number of carbonyl (C=O) groups is 1. The van der Waals surface area contributed by atoms with E-state index in [4.69, 9.17) is 18.7 Å². The van der Waals surface area contributed by atoms with Gasteiger partial charge < -0.3 is 5.73 Å². The average molecular weight is 477 g/mol. The molecule has 10 heteroatoms. The zero-order valence-electron chi connectivity index (χ0n) is 19.4. The van der Waals surface area contributed by atoms with Gasteiger partial charge in [0.2, 0.25) is 5.91 Å². The second-order valence-corrected chi connectivity index (χ2v) is 8.30. The van der Waals surface area contributed by atoms with Crippen LogP contribution >= 0.6 is 0 Å². The first kappa shape index (κ1) is 23.2. The van der Waals surface area contributed by atoms with Gasteiger partial charge in [-0.15, -0.1) is 0 Å². The maximum Gasteiger partial charge on any atom is 0.241 e. The van der Waals surface area contributed by atoms with Crippen molar-refractivity contribution in [2.45, 2.75) is 19.5 Å². The molecular formula is C26H21BFN7O. The van der Waals surface area contributed by atoms with Crippen LogP contribution in [-0.2, 0) is 11.3 Å². The van der Waals surface area contributed by atoms with Gasteiger partial charge in [-0.25, -0.2) is 9.50 Å². The lowest BCUT2D eigenvalue weighted by atomic mass is 9.93. The number of carbonyl (C=O) groups excluding carboxylic acids is 1. The molecule has 0 aliphatic rings. The van der Waals surface area contributed by atoms with Gasteiger partial charge in [-0.3, -0.25) is 18.9 Å². The Labute approximate surface area is 207 Å². The molecule has 2 N–H and O–H groups in total. The molecule has 1 atom stereocenters. The summed E-state index contributed by atoms with van der Waals surface area (Å²) in [6.45, 7) is 2.30. The standard InChI is InChI=1S/C26H21BFN7O/c1-16-4-2-7-21(32-16)25-20(14-34(33-25)13-17-5-3-6-18(12-17)26(27)28)19-8-11-24-30-15-31-35(24)22(19)9-10-23(29)36/h2-12,14-15,26H,13H2,1H3,(H2,29,36)/b10-9+. The lowest BCUT2D eigenvalue weighted by Crippen LogP contribution is -2.06. The summed E-state index contributed by atoms with van der Waals surface area (Å²) in [6.07, 6.45) is 4.66. The van der Waals surface area contributed by atoms with Crippen molar-refractivity contribution < 1.29 is 9.18 Å². The molecule has 2 radical (unpaired) electrons. The molecule has 5 rings (SSSR count). The molecule has 1 unspecified atom stereocenters. The van der Waals surface area contributed by atoms with Crippen LogP contribution in [-0.4, -0.2) is 43.1 Å². The number of primary amides is 1. The molecule has 1 aromatic carbocycles. The molecule has 0 aliphatic carbocycles. The minimum absolute atomic E-state index is 0.386. The molecule has 8 nitrogen and oxygen atoms in total. The second kappa shape index (κ2) is 9.57. The van der Waals surface area contributed by atoms with E-state index in [0.717, 1.165) is 22.4 Å². The van der Waals surface area contributed by atoms with Gasteiger partial charge in [-0.2, -0.15) is 10.2 Å². The first-order valence-electron chi connectivity index (χ1n) is 11.2. The fourth-order valence-electron chi connectivity index (χ4n) is 4.07. The van der Waals surface area contributed by atoms with Gasteiger partial charge in [-0.05, 0) is 48.4 Å². The molecule has 5 aromatic rings. The number of hydrogen-bond donors (Lipinski definition) is 1. The van der Waals surface area contributed by atoms with Crippen molar-refractivity contribution in [1.82, 2.24) is 29.4 Å². The van der Waals surface area contributed by atoms with E-state index in [1.165, 1.54) is 12.4 Å². The van der Waals surface area contributed by atoms with Crippen molar-refractivity contribution in [3.63, 3.8) is 0 Å². The number of aromatic nitrogens is 6. The molecule has 176 valence electrons. The molecule has 0 spiro atoms. The summed E-state index contributed by atoms with van der Waals surface area (Å²) in [5.41, 5.74) is 11.6. The van der Waals surface area contributed by atoms with Crippen molar-refractivity contribution in [2.24, 2.45) is 5.73 Å². The third-order valence-electron chi connectivity index (χ3n) is 5.68. The Morgan fingerprint density at radius 2 is 2.00 bits per heavy atom. The third-order valence-corrected chi connectivity index (χ3v) is 5.68. The number of hydrogen-bond acceptors (Lipinski definition) is 5. The highest BCUT2D eigenvalue weighted by molar-refractivity contribution is 6.11. The summed E-state index contributed by atoms with van der Waals surface area (Å²) in [7, 11) is 5.42. The highest BCUT2D eigenvalue weighted by Gasteiger charge is 2.19. The summed E-state index contributed by atoms with van der Waals surface area (Å²) < 4.78 is 17.1. The average Bonchev–Trinajstić information content (AvgIpc) is 3.50. The van der Waals surface area contributed by atoms with Gasteiger partial charge in [0.05, 0.1) is 24.0 Å². The van der Waals surface area contributed by atoms with E-state index in [-0.39, 0.29) is 0 Å². The minimum Gasteiger partial charge on any atom is -0.366 e. The van der Waals surface area contributed by atoms with E-state index in [1.807, 2.05) is 49.5 Å². The van der Waals surface area contributed by atoms with Crippen LogP contribution in [0.4, 0.5) is 4.39 Å². The van der Waals surface area contributed by atoms with Crippen molar-refractivity contribution in [2.75, 3.05) is 0 Å². The molecule has 0 saturated carbocycles. The van der Waals surface area contributed by atoms with Crippen LogP contribution < -0.4 is 5.73 Å². The summed E-state index contributed by atoms with van der Waals surface area (Å²) >= 11 is 0. The van der Waals surface area contributed by atoms with Crippen LogP contribution in [0, 0.1) is 6.92 Å². The lowest BCUT2D eigenvalue weighted by Gasteiger charge is -2.08. The molecule has 0 bridgehead atoms. The van der Waals surface area contributed by atoms with Crippen LogP contribution in [0.5, 0.6) is 0 Å². The number of rotatable bonds is 7. The van der Waals surface area contributed by atoms with Gasteiger partial charge >= 0.3 is 0 Å². The van der Waals surface area contributed by atoms with Crippen LogP contribution in [0.2, 0.25) is 0 Å². The number of alkyl halides is 1. The number of halogens is 1. The van der Waals surface area contributed by atoms with E-state index in [9.17, 15) is 9.18 Å². The monoisotopic (exact) mass is 477 g/mol. The van der Waals surface area contributed by atoms with E-state index < -0.39 is 12.0 Å². The van der Waals surface area contributed by atoms with Crippen LogP contribution in [0.1, 0.15) is 28.6 Å². The molecule has 0 aliphatic heterocycles. The Hall–Kier alpha value is -4.60. The maximum atomic E-state index is 13.7. The fraction of sp³-hybridized carbons (Fsp3) is 0.115. The number of pyridine rings is 2. The van der Waals surface area contributed by atoms with Crippen molar-refractivity contribution >= 4 is 25.5 Å². The van der Waals surface area contributed by atoms with Gasteiger partial charge in [-0.1, -0.05) is 30.3 Å². The molecule has 4 aromatic heterocycles. The lowest BCUT2D eigenvalue weighted by molar-refractivity contribution is -0.113. The van der Waals surface area contributed by atoms with Crippen LogP contribution in [0.25, 0.3) is 34.2 Å². The van der Waals surface area contributed by atoms with Crippen LogP contribution in [0.3, 0.4) is 0 Å². The molecule has 0 saturated heterocycles. The Morgan fingerprint density at radius 1 is 1.17 bits per heavy atom. The molecule has 36 heavy (non-hydrogen) atoms. The largest absolute Gasteiger partial charge is 0.366 e. The first-order chi connectivity index (χ1) is 17.4. The normalized spacial score (nSPS) is 12.4. The SMILES string of the molecule is [B]C(F)c1cccc(Cn2cc(-c3ccc4ncnn4c3/C=C/C(N)=O)c(-c3cccc(C)n3)n2)c1. The quantitative estimate of drug-likeness (QED) is 0.285. The summed E-state index contributed by atoms with van der Waals surface area (Å²) in [5.74, 6) is -0.583. The number of aryl methyl sites for hydroxylation is 1. The number of benzene rings is 1. The highest BCUT2D eigenvalue weighted by Crippen LogP contribution is 2.34. The molecule has 0 fully saturated rings. The van der Waals surface area contributed by atoms with Gasteiger partial charge in [0.1, 0.15) is 19.9 Å². The smallest absolute Gasteiger partial charge is 0.241 e. The maximum absolute atomic E-state index is 13.7. The summed E-state index contributed by atoms with van der Waals surface area (Å²) in [4.78, 5) is 20.5. The van der Waals surface area contributed by atoms with E-state index in [0.29, 0.717) is 34.8 Å². The first-order valence-corrected chi connectivity index (χ1v) is 11.2. The number of nitrogens with zero attached hydrogens (tertiary/aromatic N) is 6. The van der Waals surface area contributed by atoms with E-state index in [2.05, 4.69) is 15.1 Å². The highest BCUT2D eigenvalue weighted by atomic mass is 19.1. The van der Waals surface area contributed by atoms with Crippen molar-refractivity contribution in [3.05, 3.63) is 95.7 Å². The van der Waals surface area contributed by atoms with Gasteiger partial charge in [0, 0.05) is 29.1 Å². The minimum atomic E-state index is -1.56. The Bertz CT molecular complexity index is 1610. The molecular weight excluding hydrogens is 456 g/mol. The Kier molecular flexibility index (Phi) is 6.16. The number of fused-ring (bicyclic) bond motifs is 1. The fourth-order valence-corrected chi connectivity index (χ4v) is 4.07. The van der Waals surface area contributed by atoms with Crippen molar-refractivity contribution in [3.8, 4) is 22.5 Å². The molecule has 4 heterocycles. The summed E-state index contributed by atoms with van der Waals surface area (Å²) in [5, 5.41) is 9.15. The number of amides is 1. The number of nitrogens with two attached hydrogens (primary N) is 1. The van der Waals surface area contributed by atoms with E-state index >= 15 is 0 Å². The third kappa shape index (κ3) is 4.65. The van der Waals surface area contributed by atoms with Crippen molar-refractivity contribution in [1.29, 1.82) is 0 Å². The molecule has 1 amide bonds. The van der Waals surface area contributed by atoms with Gasteiger partial charge in [0.25, 0.3) is 0 Å². The second-order valence-electron chi connectivity index (χ2n) is 8.30. The van der Waals surface area contributed by atoms with Crippen LogP contribution in [0.15, 0.2) is 73.2 Å². The predicted molar refractivity (Wildman–Crippen MR) is 136 cm³/mol. The van der Waals surface area contributed by atoms with E-state index in [1.54, 1.807) is 33.5 Å². The predicted octanol–water partition coefficient (Wildman–Crippen LogP) is 3.65. The zero-order valence-corrected chi connectivity index (χ0v) is 19.4. The summed E-state index contributed by atoms with van der Waals surface area (Å²) in [6, 6.07) is 16.5. The topological polar surface area (TPSA) is 104 Å². The Balaban J connectivity index is 1.69. The zero-order chi connectivity index (χ0) is 25.2.